The first-order valence-corrected chi connectivity index (χ1v) is 5.12. The van der Waals surface area contributed by atoms with E-state index in [1.807, 2.05) is 18.3 Å². The molecule has 0 spiro atoms. The molecule has 0 fully saturated rings. The zero-order valence-electron chi connectivity index (χ0n) is 9.37. The van der Waals surface area contributed by atoms with Crippen molar-refractivity contribution in [3.8, 4) is 0 Å². The number of aromatic amines is 1. The van der Waals surface area contributed by atoms with Gasteiger partial charge in [0, 0.05) is 23.7 Å². The van der Waals surface area contributed by atoms with E-state index in [1.165, 1.54) is 0 Å². The quantitative estimate of drug-likeness (QED) is 0.817. The molecule has 80 valence electrons. The fourth-order valence-electron chi connectivity index (χ4n) is 1.45. The van der Waals surface area contributed by atoms with Crippen molar-refractivity contribution >= 4 is 0 Å². The summed E-state index contributed by atoms with van der Waals surface area (Å²) in [6.07, 6.45) is 4.28. The Labute approximate surface area is 89.5 Å². The molecular formula is C12H16N2O. The van der Waals surface area contributed by atoms with Crippen molar-refractivity contribution in [1.29, 1.82) is 0 Å². The molecule has 0 saturated carbocycles. The molecule has 1 N–H and O–H groups in total. The minimum atomic E-state index is 0.0756. The SMILES string of the molecule is CC(C)(C)c1ccc(Cc2cnc[nH]2)o1. The van der Waals surface area contributed by atoms with E-state index < -0.39 is 0 Å². The number of nitrogens with zero attached hydrogens (tertiary/aromatic N) is 1. The molecule has 2 aromatic rings. The monoisotopic (exact) mass is 204 g/mol. The van der Waals surface area contributed by atoms with Gasteiger partial charge in [-0.1, -0.05) is 20.8 Å². The minimum absolute atomic E-state index is 0.0756. The summed E-state index contributed by atoms with van der Waals surface area (Å²) in [6, 6.07) is 4.08. The molecule has 0 aliphatic rings. The van der Waals surface area contributed by atoms with E-state index in [9.17, 15) is 0 Å². The molecule has 0 aromatic carbocycles. The van der Waals surface area contributed by atoms with Crippen LogP contribution in [-0.2, 0) is 11.8 Å². The number of hydrogen-bond acceptors (Lipinski definition) is 2. The highest BCUT2D eigenvalue weighted by Gasteiger charge is 2.18. The van der Waals surface area contributed by atoms with E-state index in [4.69, 9.17) is 4.42 Å². The molecule has 0 saturated heterocycles. The molecule has 3 nitrogen and oxygen atoms in total. The number of hydrogen-bond donors (Lipinski definition) is 1. The van der Waals surface area contributed by atoms with Crippen LogP contribution in [0.1, 0.15) is 38.0 Å². The number of aromatic nitrogens is 2. The summed E-state index contributed by atoms with van der Waals surface area (Å²) in [4.78, 5) is 7.04. The number of nitrogens with one attached hydrogen (secondary N) is 1. The molecule has 0 unspecified atom stereocenters. The third-order valence-corrected chi connectivity index (χ3v) is 2.32. The van der Waals surface area contributed by atoms with Crippen molar-refractivity contribution in [1.82, 2.24) is 9.97 Å². The summed E-state index contributed by atoms with van der Waals surface area (Å²) >= 11 is 0. The Morgan fingerprint density at radius 1 is 1.33 bits per heavy atom. The third kappa shape index (κ3) is 2.29. The maximum absolute atomic E-state index is 5.77. The van der Waals surface area contributed by atoms with Crippen LogP contribution >= 0.6 is 0 Å². The van der Waals surface area contributed by atoms with Gasteiger partial charge in [-0.25, -0.2) is 4.98 Å². The van der Waals surface area contributed by atoms with Crippen molar-refractivity contribution in [3.05, 3.63) is 41.9 Å². The second-order valence-corrected chi connectivity index (χ2v) is 4.77. The van der Waals surface area contributed by atoms with Crippen LogP contribution in [0.15, 0.2) is 29.1 Å². The van der Waals surface area contributed by atoms with Gasteiger partial charge in [0.2, 0.25) is 0 Å². The van der Waals surface area contributed by atoms with E-state index in [-0.39, 0.29) is 5.41 Å². The topological polar surface area (TPSA) is 41.8 Å². The number of H-pyrrole nitrogens is 1. The average molecular weight is 204 g/mol. The summed E-state index contributed by atoms with van der Waals surface area (Å²) < 4.78 is 5.77. The molecule has 0 aliphatic carbocycles. The Bertz CT molecular complexity index is 421. The van der Waals surface area contributed by atoms with E-state index in [1.54, 1.807) is 6.33 Å². The smallest absolute Gasteiger partial charge is 0.110 e. The molecule has 0 radical (unpaired) electrons. The predicted molar refractivity (Wildman–Crippen MR) is 58.8 cm³/mol. The molecule has 3 heteroatoms. The van der Waals surface area contributed by atoms with E-state index in [0.717, 1.165) is 23.6 Å². The average Bonchev–Trinajstić information content (AvgIpc) is 2.73. The lowest BCUT2D eigenvalue weighted by Crippen LogP contribution is -2.09. The van der Waals surface area contributed by atoms with Gasteiger partial charge in [-0.05, 0) is 12.1 Å². The van der Waals surface area contributed by atoms with Crippen LogP contribution in [0.4, 0.5) is 0 Å². The van der Waals surface area contributed by atoms with Crippen LogP contribution in [0.5, 0.6) is 0 Å². The molecule has 0 amide bonds. The van der Waals surface area contributed by atoms with Crippen LogP contribution in [-0.4, -0.2) is 9.97 Å². The fraction of sp³-hybridized carbons (Fsp3) is 0.417. The lowest BCUT2D eigenvalue weighted by Gasteiger charge is -2.14. The molecule has 0 bridgehead atoms. The van der Waals surface area contributed by atoms with Gasteiger partial charge in [0.15, 0.2) is 0 Å². The van der Waals surface area contributed by atoms with Crippen LogP contribution in [0.3, 0.4) is 0 Å². The highest BCUT2D eigenvalue weighted by Crippen LogP contribution is 2.24. The standard InChI is InChI=1S/C12H16N2O/c1-12(2,3)11-5-4-10(15-11)6-9-7-13-8-14-9/h4-5,7-8H,6H2,1-3H3,(H,13,14). The van der Waals surface area contributed by atoms with Crippen molar-refractivity contribution < 1.29 is 4.42 Å². The molecule has 0 aliphatic heterocycles. The van der Waals surface area contributed by atoms with Gasteiger partial charge >= 0.3 is 0 Å². The summed E-state index contributed by atoms with van der Waals surface area (Å²) in [6.45, 7) is 6.43. The van der Waals surface area contributed by atoms with Crippen molar-refractivity contribution in [2.45, 2.75) is 32.6 Å². The van der Waals surface area contributed by atoms with E-state index in [0.29, 0.717) is 0 Å². The zero-order valence-corrected chi connectivity index (χ0v) is 9.37. The largest absolute Gasteiger partial charge is 0.465 e. The van der Waals surface area contributed by atoms with Crippen LogP contribution in [0.25, 0.3) is 0 Å². The van der Waals surface area contributed by atoms with Crippen LogP contribution in [0.2, 0.25) is 0 Å². The Morgan fingerprint density at radius 3 is 2.67 bits per heavy atom. The lowest BCUT2D eigenvalue weighted by atomic mass is 9.94. The van der Waals surface area contributed by atoms with Crippen LogP contribution in [0, 0.1) is 0 Å². The maximum atomic E-state index is 5.77. The van der Waals surface area contributed by atoms with Crippen molar-refractivity contribution in [2.24, 2.45) is 0 Å². The maximum Gasteiger partial charge on any atom is 0.110 e. The highest BCUT2D eigenvalue weighted by atomic mass is 16.3. The van der Waals surface area contributed by atoms with E-state index >= 15 is 0 Å². The van der Waals surface area contributed by atoms with Gasteiger partial charge in [0.1, 0.15) is 11.5 Å². The Balaban J connectivity index is 2.15. The van der Waals surface area contributed by atoms with Gasteiger partial charge in [0.05, 0.1) is 6.33 Å². The summed E-state index contributed by atoms with van der Waals surface area (Å²) in [5, 5.41) is 0. The first-order valence-electron chi connectivity index (χ1n) is 5.12. The minimum Gasteiger partial charge on any atom is -0.465 e. The number of imidazole rings is 1. The summed E-state index contributed by atoms with van der Waals surface area (Å²) in [5.74, 6) is 2.00. The van der Waals surface area contributed by atoms with Gasteiger partial charge < -0.3 is 9.40 Å². The van der Waals surface area contributed by atoms with Crippen molar-refractivity contribution in [3.63, 3.8) is 0 Å². The highest BCUT2D eigenvalue weighted by molar-refractivity contribution is 5.17. The fourth-order valence-corrected chi connectivity index (χ4v) is 1.45. The molecule has 0 atom stereocenters. The second-order valence-electron chi connectivity index (χ2n) is 4.77. The second kappa shape index (κ2) is 3.57. The summed E-state index contributed by atoms with van der Waals surface area (Å²) in [5.41, 5.74) is 1.15. The number of rotatable bonds is 2. The lowest BCUT2D eigenvalue weighted by molar-refractivity contribution is 0.390. The summed E-state index contributed by atoms with van der Waals surface area (Å²) in [7, 11) is 0. The van der Waals surface area contributed by atoms with E-state index in [2.05, 4.69) is 30.7 Å². The van der Waals surface area contributed by atoms with Crippen molar-refractivity contribution in [2.75, 3.05) is 0 Å². The van der Waals surface area contributed by atoms with Gasteiger partial charge in [-0.2, -0.15) is 0 Å². The first kappa shape index (κ1) is 10.0. The molecular weight excluding hydrogens is 188 g/mol. The predicted octanol–water partition coefficient (Wildman–Crippen LogP) is 2.89. The molecule has 2 heterocycles. The number of furan rings is 1. The molecule has 2 rings (SSSR count). The van der Waals surface area contributed by atoms with Gasteiger partial charge in [-0.15, -0.1) is 0 Å². The zero-order chi connectivity index (χ0) is 10.9. The normalized spacial score (nSPS) is 11.9. The van der Waals surface area contributed by atoms with Gasteiger partial charge in [0.25, 0.3) is 0 Å². The Morgan fingerprint density at radius 2 is 2.13 bits per heavy atom. The Kier molecular flexibility index (Phi) is 2.39. The van der Waals surface area contributed by atoms with Gasteiger partial charge in [-0.3, -0.25) is 0 Å². The third-order valence-electron chi connectivity index (χ3n) is 2.32. The first-order chi connectivity index (χ1) is 7.05. The molecule has 2 aromatic heterocycles. The Hall–Kier alpha value is -1.51. The molecule has 15 heavy (non-hydrogen) atoms. The van der Waals surface area contributed by atoms with Crippen LogP contribution < -0.4 is 0 Å².